The minimum Gasteiger partial charge on any atom is -0.504 e. The number of phenolic OH excluding ortho intramolecular Hbond substituents is 1. The lowest BCUT2D eigenvalue weighted by Gasteiger charge is -2.71. The number of aromatic hydroxyl groups is 1. The number of allylic oxidation sites excluding steroid dienone is 2. The lowest BCUT2D eigenvalue weighted by Crippen LogP contribution is -2.67. The highest BCUT2D eigenvalue weighted by Gasteiger charge is 2.71. The summed E-state index contributed by atoms with van der Waals surface area (Å²) in [6.07, 6.45) is -56.1. The standard InChI is InChI=1S/C86H132O42/c1-33-50(93)56(99)61(104)74(115-33)124-67-42(28-88)118-72(63(106)58(67)101)113-31-44-53(96)57(100)62(105)76(121-44)128-80(110)86-23-21-81(3,4)26-37(86)36-13-15-47-83(7)19-18-48(82(5,6)46(83)17-20-85(47,9)84(36,8)22-24-86)122-79-71(52(95)39(91)30-112-79)127-77-65(108)69(51(94)34(2)116-77)126-73-60(103)54(97)45(32-114-73)120-75-64(107)59(102)68(43(29-89)119-75)125-78-66(109)70(55(98)41(27-87)117-78)123-49(92)16-12-35-11-14-40(111-10)38(90)25-35/h11-14,16,25,33-34,37,39,41-48,50-79,87-91,93-109H,15,17-24,26-32H2,1-10H3/b16-12+/t33-,34-,37-,39-,41+,42+,43+,44+,45+,46-,47+,48-,50-,51-,52-,53+,54+,55+,56+,57-,58+,59+,60+,61+,62+,63+,64+,65+,66+,67+,68+,69+,70-,71+,72+,73-,74-,75-,76-,77-,78-,79-,83-,84+,85+,86-/m0/s1. The van der Waals surface area contributed by atoms with Crippen molar-refractivity contribution in [1.29, 1.82) is 0 Å². The van der Waals surface area contributed by atoms with Crippen molar-refractivity contribution in [1.82, 2.24) is 0 Å². The van der Waals surface area contributed by atoms with Gasteiger partial charge in [0.15, 0.2) is 61.6 Å². The Morgan fingerprint density at radius 2 is 1.02 bits per heavy atom. The maximum Gasteiger partial charge on any atom is 0.331 e. The van der Waals surface area contributed by atoms with Crippen molar-refractivity contribution >= 4 is 18.0 Å². The van der Waals surface area contributed by atoms with Crippen LogP contribution in [0.25, 0.3) is 6.08 Å². The van der Waals surface area contributed by atoms with E-state index in [-0.39, 0.29) is 52.1 Å². The fourth-order valence-electron chi connectivity index (χ4n) is 22.9. The Labute approximate surface area is 738 Å². The first kappa shape index (κ1) is 99.8. The van der Waals surface area contributed by atoms with Gasteiger partial charge in [-0.1, -0.05) is 66.2 Å². The second-order valence-corrected chi connectivity index (χ2v) is 39.3. The number of aliphatic hydroxyl groups excluding tert-OH is 21. The lowest BCUT2D eigenvalue weighted by atomic mass is 9.33. The molecular weight excluding hydrogens is 1700 g/mol. The SMILES string of the molecule is COc1ccc(/C=C/C(=O)O[C@@H]2[C@@H](O)[C@H](O[C@H]3[C@H](O)[C@@H](O)[C@H](O[C@@H]4CO[C@@H](O[C@@H]5[C@@H](O)[C@H](C)O[C@@H](O[C@H]6[C@H](O[C@H]7CC[C@]8(C)[C@H]9CC=C%10[C@@H]%11CC(C)(C)CC[C@]%11(C(=O)O[C@@H]%11O[C@H](CO[C@@H]%12O[C@H](CO)[C@@H](O[C@@H]%13O[C@@H](C)[C@H](O)[C@@H](O)[C@H]%13O)[C@H](O)[C@H]%12O)[C@@H](O)[C@H](O)[C@H]%11O)CC[C@@]%10(C)[C@]9(C)CC[C@H]8C7(C)C)OC[C@H](O)[C@@H]6O)[C@@H]5O)[C@H](O)[C@@H]4O)O[C@@H]3CO)O[C@H](CO)[C@H]2O)cc1O. The van der Waals surface area contributed by atoms with Crippen molar-refractivity contribution in [3.63, 3.8) is 0 Å². The van der Waals surface area contributed by atoms with Gasteiger partial charge >= 0.3 is 11.9 Å². The Morgan fingerprint density at radius 3 is 1.67 bits per heavy atom. The molecule has 8 aliphatic heterocycles. The van der Waals surface area contributed by atoms with Gasteiger partial charge in [-0.05, 0) is 147 Å². The zero-order chi connectivity index (χ0) is 93.0. The molecule has 46 atom stereocenters. The van der Waals surface area contributed by atoms with E-state index in [1.54, 1.807) is 0 Å². The molecule has 1 aromatic rings. The van der Waals surface area contributed by atoms with Crippen LogP contribution in [0.5, 0.6) is 11.5 Å². The molecule has 8 heterocycles. The molecule has 5 aliphatic carbocycles. The van der Waals surface area contributed by atoms with Gasteiger partial charge in [-0.15, -0.1) is 0 Å². The number of esters is 2. The monoisotopic (exact) mass is 1840 g/mol. The summed E-state index contributed by atoms with van der Waals surface area (Å²) >= 11 is 0. The normalized spacial score (nSPS) is 50.2. The minimum absolute atomic E-state index is 0.0258. The van der Waals surface area contributed by atoms with E-state index in [0.717, 1.165) is 24.5 Å². The van der Waals surface area contributed by atoms with Crippen LogP contribution in [0.1, 0.15) is 132 Å². The molecule has 0 unspecified atom stereocenters. The van der Waals surface area contributed by atoms with E-state index in [1.807, 2.05) is 0 Å². The highest BCUT2D eigenvalue weighted by atomic mass is 16.8. The van der Waals surface area contributed by atoms with E-state index in [0.29, 0.717) is 56.9 Å². The molecule has 42 heteroatoms. The Balaban J connectivity index is 0.589. The smallest absolute Gasteiger partial charge is 0.331 e. The second-order valence-electron chi connectivity index (χ2n) is 39.3. The third-order valence-electron chi connectivity index (χ3n) is 30.9. The number of aliphatic hydroxyl groups is 21. The Bertz CT molecular complexity index is 3970. The molecule has 12 fully saturated rings. The van der Waals surface area contributed by atoms with Gasteiger partial charge in [0.1, 0.15) is 165 Å². The van der Waals surface area contributed by atoms with Crippen LogP contribution in [0, 0.1) is 50.2 Å². The van der Waals surface area contributed by atoms with Crippen LogP contribution in [0.2, 0.25) is 0 Å². The predicted molar refractivity (Wildman–Crippen MR) is 426 cm³/mol. The van der Waals surface area contributed by atoms with Crippen molar-refractivity contribution in [2.24, 2.45) is 50.2 Å². The molecular formula is C86H132O42. The van der Waals surface area contributed by atoms with E-state index >= 15 is 4.79 Å². The van der Waals surface area contributed by atoms with Crippen LogP contribution in [0.3, 0.4) is 0 Å². The van der Waals surface area contributed by atoms with Crippen LogP contribution >= 0.6 is 0 Å². The van der Waals surface area contributed by atoms with Gasteiger partial charge in [-0.3, -0.25) is 4.79 Å². The summed E-state index contributed by atoms with van der Waals surface area (Å²) in [5.41, 5.74) is -1.55. The van der Waals surface area contributed by atoms with Crippen LogP contribution in [-0.4, -0.2) is 411 Å². The fraction of sp³-hybridized carbons (Fsp3) is 0.860. The minimum atomic E-state index is -2.10. The highest BCUT2D eigenvalue weighted by Crippen LogP contribution is 2.76. The van der Waals surface area contributed by atoms with E-state index in [2.05, 4.69) is 54.5 Å². The summed E-state index contributed by atoms with van der Waals surface area (Å²) in [5, 5.41) is 244. The van der Waals surface area contributed by atoms with Gasteiger partial charge in [0.25, 0.3) is 0 Å². The molecule has 0 bridgehead atoms. The fourth-order valence-corrected chi connectivity index (χ4v) is 22.9. The zero-order valence-corrected chi connectivity index (χ0v) is 73.0. The summed E-state index contributed by atoms with van der Waals surface area (Å²) in [6.45, 7) is 14.1. The van der Waals surface area contributed by atoms with E-state index in [1.165, 1.54) is 45.2 Å². The van der Waals surface area contributed by atoms with Gasteiger partial charge in [0.2, 0.25) is 6.29 Å². The van der Waals surface area contributed by atoms with E-state index < -0.39 is 301 Å². The van der Waals surface area contributed by atoms with Crippen LogP contribution in [0.15, 0.2) is 35.9 Å². The molecule has 0 amide bonds. The topological polar surface area (TPSA) is 645 Å². The number of carbonyl (C=O) groups excluding carboxylic acids is 2. The number of ether oxygens (including phenoxy) is 18. The largest absolute Gasteiger partial charge is 0.504 e. The zero-order valence-electron chi connectivity index (χ0n) is 73.0. The average molecular weight is 1840 g/mol. The second kappa shape index (κ2) is 39.1. The number of methoxy groups -OCH3 is 1. The highest BCUT2D eigenvalue weighted by molar-refractivity contribution is 5.87. The summed E-state index contributed by atoms with van der Waals surface area (Å²) in [4.78, 5) is 28.4. The lowest BCUT2D eigenvalue weighted by molar-refractivity contribution is -0.386. The molecule has 0 spiro atoms. The summed E-state index contributed by atoms with van der Waals surface area (Å²) in [6, 6.07) is 4.23. The van der Waals surface area contributed by atoms with Crippen LogP contribution < -0.4 is 4.74 Å². The van der Waals surface area contributed by atoms with Crippen molar-refractivity contribution in [2.75, 3.05) is 46.8 Å². The van der Waals surface area contributed by atoms with Crippen molar-refractivity contribution in [3.05, 3.63) is 41.5 Å². The van der Waals surface area contributed by atoms with E-state index in [9.17, 15) is 117 Å². The Morgan fingerprint density at radius 1 is 0.469 bits per heavy atom. The van der Waals surface area contributed by atoms with Gasteiger partial charge < -0.3 is 198 Å². The quantitative estimate of drug-likeness (QED) is 0.0199. The third-order valence-corrected chi connectivity index (χ3v) is 30.9. The van der Waals surface area contributed by atoms with Gasteiger partial charge in [-0.2, -0.15) is 0 Å². The Hall–Kier alpha value is -4.20. The first-order chi connectivity index (χ1) is 60.3. The molecule has 0 aromatic heterocycles. The van der Waals surface area contributed by atoms with Gasteiger partial charge in [-0.25, -0.2) is 4.79 Å². The number of phenols is 1. The maximum atomic E-state index is 15.4. The maximum absolute atomic E-state index is 15.4. The third kappa shape index (κ3) is 18.5. The molecule has 728 valence electrons. The molecule has 4 saturated carbocycles. The molecule has 1 aromatic carbocycles. The molecule has 22 N–H and O–H groups in total. The number of hydrogen-bond acceptors (Lipinski definition) is 42. The number of fused-ring (bicyclic) bond motifs is 7. The molecule has 14 rings (SSSR count). The molecule has 128 heavy (non-hydrogen) atoms. The molecule has 0 radical (unpaired) electrons. The number of hydrogen-bond donors (Lipinski definition) is 22. The Kier molecular flexibility index (Phi) is 30.5. The number of rotatable bonds is 24. The first-order valence-corrected chi connectivity index (χ1v) is 44.3. The van der Waals surface area contributed by atoms with Crippen LogP contribution in [-0.2, 0) is 90.1 Å². The summed E-state index contributed by atoms with van der Waals surface area (Å²) in [5.74, 6) is -2.03. The average Bonchev–Trinajstić information content (AvgIpc) is 0.673. The molecule has 42 nitrogen and oxygen atoms in total. The van der Waals surface area contributed by atoms with Crippen molar-refractivity contribution < 1.29 is 207 Å². The number of carbonyl (C=O) groups is 2. The van der Waals surface area contributed by atoms with Gasteiger partial charge in [0.05, 0.1) is 70.5 Å². The first-order valence-electron chi connectivity index (χ1n) is 44.3. The van der Waals surface area contributed by atoms with Crippen LogP contribution in [0.4, 0.5) is 0 Å². The summed E-state index contributed by atoms with van der Waals surface area (Å²) in [7, 11) is 1.34. The predicted octanol–water partition coefficient (Wildman–Crippen LogP) is -5.43. The number of benzene rings is 1. The van der Waals surface area contributed by atoms with Crippen molar-refractivity contribution in [3.8, 4) is 11.5 Å². The van der Waals surface area contributed by atoms with E-state index in [4.69, 9.17) is 85.3 Å². The summed E-state index contributed by atoms with van der Waals surface area (Å²) < 4.78 is 106. The molecule has 8 saturated heterocycles. The van der Waals surface area contributed by atoms with Gasteiger partial charge in [0, 0.05) is 6.08 Å². The molecule has 13 aliphatic rings. The van der Waals surface area contributed by atoms with Crippen molar-refractivity contribution in [2.45, 2.75) is 366 Å².